The third-order valence-electron chi connectivity index (χ3n) is 5.03. The summed E-state index contributed by atoms with van der Waals surface area (Å²) in [5.74, 6) is -1.90. The van der Waals surface area contributed by atoms with Crippen LogP contribution < -0.4 is 0 Å². The lowest BCUT2D eigenvalue weighted by Gasteiger charge is -2.13. The van der Waals surface area contributed by atoms with Crippen molar-refractivity contribution in [3.63, 3.8) is 0 Å². The van der Waals surface area contributed by atoms with Crippen molar-refractivity contribution in [1.29, 1.82) is 0 Å². The van der Waals surface area contributed by atoms with Crippen molar-refractivity contribution in [3.8, 4) is 5.75 Å². The van der Waals surface area contributed by atoms with Crippen molar-refractivity contribution in [2.24, 2.45) is 28.8 Å². The summed E-state index contributed by atoms with van der Waals surface area (Å²) in [6.07, 6.45) is 5.94. The topological polar surface area (TPSA) is 113 Å². The van der Waals surface area contributed by atoms with Crippen molar-refractivity contribution < 1.29 is 19.6 Å². The van der Waals surface area contributed by atoms with Crippen LogP contribution in [-0.2, 0) is 9.59 Å². The number of amides is 2. The van der Waals surface area contributed by atoms with Gasteiger partial charge in [-0.25, -0.2) is 0 Å². The smallest absolute Gasteiger partial charge is 0.312 e. The fraction of sp³-hybridized carbons (Fsp3) is 0.312. The Kier molecular flexibility index (Phi) is 3.40. The highest BCUT2D eigenvalue weighted by molar-refractivity contribution is 6.32. The van der Waals surface area contributed by atoms with E-state index in [4.69, 9.17) is 11.6 Å². The molecule has 0 radical (unpaired) electrons. The Morgan fingerprint density at radius 1 is 1.24 bits per heavy atom. The summed E-state index contributed by atoms with van der Waals surface area (Å²) in [6, 6.07) is 2.34. The number of hydrogen-bond donors (Lipinski definition) is 1. The van der Waals surface area contributed by atoms with E-state index in [9.17, 15) is 24.8 Å². The van der Waals surface area contributed by atoms with Gasteiger partial charge in [-0.15, -0.1) is 0 Å². The van der Waals surface area contributed by atoms with Gasteiger partial charge in [-0.2, -0.15) is 10.1 Å². The number of carbonyl (C=O) groups is 2. The minimum atomic E-state index is -0.779. The second-order valence-corrected chi connectivity index (χ2v) is 6.77. The molecule has 9 heteroatoms. The Labute approximate surface area is 146 Å². The molecule has 2 amide bonds. The number of phenols is 1. The molecular weight excluding hydrogens is 350 g/mol. The van der Waals surface area contributed by atoms with Crippen molar-refractivity contribution in [1.82, 2.24) is 5.01 Å². The van der Waals surface area contributed by atoms with Crippen LogP contribution in [0.4, 0.5) is 5.69 Å². The number of halogens is 1. The van der Waals surface area contributed by atoms with Gasteiger partial charge in [0.1, 0.15) is 0 Å². The zero-order chi connectivity index (χ0) is 17.9. The molecule has 25 heavy (non-hydrogen) atoms. The minimum Gasteiger partial charge on any atom is -0.501 e. The van der Waals surface area contributed by atoms with E-state index in [2.05, 4.69) is 5.10 Å². The average Bonchev–Trinajstić information content (AvgIpc) is 3.23. The number of imide groups is 1. The van der Waals surface area contributed by atoms with E-state index in [1.807, 2.05) is 12.2 Å². The minimum absolute atomic E-state index is 0.0795. The molecule has 3 aliphatic rings. The number of nitrogens with zero attached hydrogens (tertiary/aromatic N) is 3. The summed E-state index contributed by atoms with van der Waals surface area (Å²) in [6.45, 7) is 0. The number of aromatic hydroxyl groups is 1. The van der Waals surface area contributed by atoms with E-state index in [-0.39, 0.29) is 46.1 Å². The fourth-order valence-electron chi connectivity index (χ4n) is 3.94. The lowest BCUT2D eigenvalue weighted by Crippen LogP contribution is -2.28. The monoisotopic (exact) mass is 361 g/mol. The Morgan fingerprint density at radius 2 is 1.84 bits per heavy atom. The van der Waals surface area contributed by atoms with Crippen LogP contribution in [0.15, 0.2) is 29.4 Å². The number of rotatable bonds is 3. The van der Waals surface area contributed by atoms with E-state index >= 15 is 0 Å². The Morgan fingerprint density at radius 3 is 2.40 bits per heavy atom. The van der Waals surface area contributed by atoms with Gasteiger partial charge >= 0.3 is 5.69 Å². The van der Waals surface area contributed by atoms with Crippen molar-refractivity contribution in [3.05, 3.63) is 45.0 Å². The van der Waals surface area contributed by atoms with Crippen LogP contribution in [0.25, 0.3) is 0 Å². The number of nitro groups is 1. The largest absolute Gasteiger partial charge is 0.501 e. The number of carbonyl (C=O) groups excluding carboxylic acids is 2. The second kappa shape index (κ2) is 5.38. The number of hydrazone groups is 1. The van der Waals surface area contributed by atoms with E-state index in [0.717, 1.165) is 23.7 Å². The molecule has 1 saturated carbocycles. The van der Waals surface area contributed by atoms with Gasteiger partial charge in [-0.1, -0.05) is 23.8 Å². The van der Waals surface area contributed by atoms with Crippen molar-refractivity contribution in [2.75, 3.05) is 0 Å². The van der Waals surface area contributed by atoms with Gasteiger partial charge in [0.25, 0.3) is 11.8 Å². The Hall–Kier alpha value is -2.74. The van der Waals surface area contributed by atoms with Gasteiger partial charge in [0.15, 0.2) is 0 Å². The van der Waals surface area contributed by atoms with E-state index in [1.165, 1.54) is 6.07 Å². The van der Waals surface area contributed by atoms with Gasteiger partial charge in [-0.3, -0.25) is 19.7 Å². The summed E-state index contributed by atoms with van der Waals surface area (Å²) in [5.41, 5.74) is -0.375. The third-order valence-corrected chi connectivity index (χ3v) is 5.32. The van der Waals surface area contributed by atoms with Crippen LogP contribution in [0.5, 0.6) is 5.75 Å². The number of phenolic OH excluding ortho intramolecular Hbond substituents is 1. The molecule has 2 fully saturated rings. The van der Waals surface area contributed by atoms with Gasteiger partial charge in [-0.05, 0) is 24.3 Å². The molecule has 1 aromatic carbocycles. The molecule has 4 rings (SSSR count). The summed E-state index contributed by atoms with van der Waals surface area (Å²) in [5, 5.41) is 25.1. The average molecular weight is 362 g/mol. The first-order valence-corrected chi connectivity index (χ1v) is 8.03. The molecule has 0 aromatic heterocycles. The highest BCUT2D eigenvalue weighted by Gasteiger charge is 2.59. The standard InChI is InChI=1S/C16H12ClN3O5/c17-10-3-7(4-11(14(10)21)20(24)25)6-18-19-15(22)12-8-1-2-9(5-8)13(12)16(19)23/h1-4,6,8-9,12-13,21H,5H2. The molecule has 2 aliphatic carbocycles. The molecule has 4 atom stereocenters. The molecule has 1 saturated heterocycles. The number of allylic oxidation sites excluding steroid dienone is 2. The maximum atomic E-state index is 12.5. The number of fused-ring (bicyclic) bond motifs is 5. The first-order chi connectivity index (χ1) is 11.9. The first-order valence-electron chi connectivity index (χ1n) is 7.65. The maximum absolute atomic E-state index is 12.5. The van der Waals surface area contributed by atoms with Crippen LogP contribution in [0.1, 0.15) is 12.0 Å². The van der Waals surface area contributed by atoms with E-state index < -0.39 is 16.4 Å². The number of nitro benzene ring substituents is 1. The first kappa shape index (κ1) is 15.8. The molecule has 1 heterocycles. The summed E-state index contributed by atoms with van der Waals surface area (Å²) in [7, 11) is 0. The fourth-order valence-corrected chi connectivity index (χ4v) is 4.17. The summed E-state index contributed by atoms with van der Waals surface area (Å²) in [4.78, 5) is 35.1. The van der Waals surface area contributed by atoms with E-state index in [1.54, 1.807) is 0 Å². The predicted molar refractivity (Wildman–Crippen MR) is 86.9 cm³/mol. The molecule has 8 nitrogen and oxygen atoms in total. The van der Waals surface area contributed by atoms with Gasteiger partial charge in [0, 0.05) is 11.6 Å². The van der Waals surface area contributed by atoms with Crippen LogP contribution >= 0.6 is 11.6 Å². The predicted octanol–water partition coefficient (Wildman–Crippen LogP) is 2.09. The summed E-state index contributed by atoms with van der Waals surface area (Å²) >= 11 is 5.77. The molecule has 1 N–H and O–H groups in total. The zero-order valence-corrected chi connectivity index (χ0v) is 13.5. The zero-order valence-electron chi connectivity index (χ0n) is 12.7. The highest BCUT2D eigenvalue weighted by Crippen LogP contribution is 2.52. The maximum Gasteiger partial charge on any atom is 0.312 e. The van der Waals surface area contributed by atoms with Gasteiger partial charge in [0.05, 0.1) is 28.0 Å². The van der Waals surface area contributed by atoms with Gasteiger partial charge < -0.3 is 5.11 Å². The number of benzene rings is 1. The van der Waals surface area contributed by atoms with Crippen molar-refractivity contribution >= 4 is 35.3 Å². The molecule has 128 valence electrons. The Bertz CT molecular complexity index is 851. The lowest BCUT2D eigenvalue weighted by atomic mass is 9.85. The van der Waals surface area contributed by atoms with Gasteiger partial charge in [0.2, 0.25) is 5.75 Å². The summed E-state index contributed by atoms with van der Waals surface area (Å²) < 4.78 is 0. The van der Waals surface area contributed by atoms with Crippen molar-refractivity contribution in [2.45, 2.75) is 6.42 Å². The van der Waals surface area contributed by atoms with Crippen LogP contribution in [0.2, 0.25) is 5.02 Å². The second-order valence-electron chi connectivity index (χ2n) is 6.36. The quantitative estimate of drug-likeness (QED) is 0.291. The SMILES string of the molecule is O=C1C2C3C=CC(C3)C2C(=O)N1N=Cc1cc(Cl)c(O)c([N+](=O)[O-])c1. The number of hydrogen-bond acceptors (Lipinski definition) is 6. The molecular formula is C16H12ClN3O5. The normalized spacial score (nSPS) is 29.9. The lowest BCUT2D eigenvalue weighted by molar-refractivity contribution is -0.385. The molecule has 2 bridgehead atoms. The van der Waals surface area contributed by atoms with E-state index in [0.29, 0.717) is 0 Å². The Balaban J connectivity index is 1.62. The molecule has 0 spiro atoms. The van der Waals surface area contributed by atoms with Crippen LogP contribution in [0, 0.1) is 33.8 Å². The van der Waals surface area contributed by atoms with Crippen LogP contribution in [-0.4, -0.2) is 33.1 Å². The van der Waals surface area contributed by atoms with Crippen LogP contribution in [0.3, 0.4) is 0 Å². The molecule has 1 aromatic rings. The highest BCUT2D eigenvalue weighted by atomic mass is 35.5. The molecule has 4 unspecified atom stereocenters. The molecule has 1 aliphatic heterocycles. The third kappa shape index (κ3) is 2.25.